The van der Waals surface area contributed by atoms with Crippen molar-refractivity contribution in [1.29, 1.82) is 0 Å². The summed E-state index contributed by atoms with van der Waals surface area (Å²) in [6.07, 6.45) is 5.17. The number of hydrogen-bond donors (Lipinski definition) is 2. The molecule has 1 aromatic rings. The first kappa shape index (κ1) is 12.7. The fraction of sp³-hybridized carbons (Fsp3) is 0.538. The van der Waals surface area contributed by atoms with E-state index in [-0.39, 0.29) is 12.5 Å². The van der Waals surface area contributed by atoms with Gasteiger partial charge in [-0.05, 0) is 31.7 Å². The van der Waals surface area contributed by atoms with Gasteiger partial charge in [-0.15, -0.1) is 0 Å². The number of hydrogen-bond acceptors (Lipinski definition) is 4. The van der Waals surface area contributed by atoms with Gasteiger partial charge in [0.1, 0.15) is 5.82 Å². The summed E-state index contributed by atoms with van der Waals surface area (Å²) < 4.78 is 0. The zero-order valence-corrected chi connectivity index (χ0v) is 10.8. The van der Waals surface area contributed by atoms with Crippen molar-refractivity contribution in [3.05, 3.63) is 17.8 Å². The summed E-state index contributed by atoms with van der Waals surface area (Å²) in [7, 11) is 0. The zero-order chi connectivity index (χ0) is 13.0. The van der Waals surface area contributed by atoms with Crippen molar-refractivity contribution in [3.8, 4) is 0 Å². The number of nitrogens with zero attached hydrogens (tertiary/aromatic N) is 2. The first-order valence-corrected chi connectivity index (χ1v) is 6.40. The number of nitrogens with two attached hydrogens (primary N) is 1. The summed E-state index contributed by atoms with van der Waals surface area (Å²) in [6.45, 7) is 3.95. The molecule has 1 amide bonds. The molecule has 0 radical (unpaired) electrons. The van der Waals surface area contributed by atoms with Gasteiger partial charge < -0.3 is 16.0 Å². The number of nitrogens with one attached hydrogen (secondary N) is 1. The number of aromatic nitrogens is 1. The van der Waals surface area contributed by atoms with Gasteiger partial charge >= 0.3 is 0 Å². The molecule has 1 aliphatic heterocycles. The molecule has 1 saturated heterocycles. The minimum atomic E-state index is 0.135. The Bertz CT molecular complexity index is 427. The van der Waals surface area contributed by atoms with E-state index in [1.54, 1.807) is 12.3 Å². The maximum absolute atomic E-state index is 11.9. The molecule has 0 atom stereocenters. The molecule has 0 unspecified atom stereocenters. The van der Waals surface area contributed by atoms with Crippen LogP contribution in [0.2, 0.25) is 0 Å². The number of carbonyl (C=O) groups is 1. The largest absolute Gasteiger partial charge is 0.398 e. The molecule has 5 heteroatoms. The number of amides is 1. The van der Waals surface area contributed by atoms with Crippen LogP contribution in [0.4, 0.5) is 11.5 Å². The first-order valence-electron chi connectivity index (χ1n) is 6.40. The van der Waals surface area contributed by atoms with Crippen molar-refractivity contribution in [3.63, 3.8) is 0 Å². The van der Waals surface area contributed by atoms with Crippen LogP contribution in [-0.2, 0) is 4.79 Å². The minimum Gasteiger partial charge on any atom is -0.398 e. The second-order valence-corrected chi connectivity index (χ2v) is 4.72. The van der Waals surface area contributed by atoms with E-state index in [4.69, 9.17) is 5.73 Å². The van der Waals surface area contributed by atoms with Gasteiger partial charge in [0.25, 0.3) is 0 Å². The molecule has 2 rings (SSSR count). The minimum absolute atomic E-state index is 0.135. The van der Waals surface area contributed by atoms with Crippen LogP contribution in [0.25, 0.3) is 0 Å². The molecule has 3 N–H and O–H groups in total. The molecular formula is C13H20N4O. The highest BCUT2D eigenvalue weighted by Crippen LogP contribution is 2.14. The Morgan fingerprint density at radius 3 is 2.83 bits per heavy atom. The molecule has 0 aliphatic carbocycles. The quantitative estimate of drug-likeness (QED) is 0.848. The Morgan fingerprint density at radius 2 is 2.17 bits per heavy atom. The van der Waals surface area contributed by atoms with Crippen molar-refractivity contribution >= 4 is 17.4 Å². The van der Waals surface area contributed by atoms with Crippen molar-refractivity contribution < 1.29 is 4.79 Å². The number of anilines is 2. The van der Waals surface area contributed by atoms with Crippen LogP contribution in [-0.4, -0.2) is 35.4 Å². The van der Waals surface area contributed by atoms with Gasteiger partial charge in [0.05, 0.1) is 6.54 Å². The average molecular weight is 248 g/mol. The highest BCUT2D eigenvalue weighted by atomic mass is 16.2. The molecule has 0 spiro atoms. The van der Waals surface area contributed by atoms with Crippen molar-refractivity contribution in [1.82, 2.24) is 9.88 Å². The van der Waals surface area contributed by atoms with Crippen LogP contribution in [0.5, 0.6) is 0 Å². The molecule has 1 fully saturated rings. The van der Waals surface area contributed by atoms with Gasteiger partial charge in [-0.2, -0.15) is 0 Å². The van der Waals surface area contributed by atoms with Gasteiger partial charge in [0, 0.05) is 31.0 Å². The van der Waals surface area contributed by atoms with Crippen LogP contribution in [0.1, 0.15) is 24.8 Å². The molecule has 1 aliphatic rings. The molecule has 0 bridgehead atoms. The maximum atomic E-state index is 11.9. The van der Waals surface area contributed by atoms with E-state index in [9.17, 15) is 4.79 Å². The van der Waals surface area contributed by atoms with E-state index in [0.29, 0.717) is 11.5 Å². The number of piperidine rings is 1. The standard InChI is InChI=1S/C13H20N4O/c1-10-8-15-12(7-11(10)14)16-9-13(18)17-5-3-2-4-6-17/h7-8H,2-6,9H2,1H3,(H3,14,15,16). The number of carbonyl (C=O) groups excluding carboxylic acids is 1. The Labute approximate surface area is 107 Å². The van der Waals surface area contributed by atoms with Crippen molar-refractivity contribution in [2.24, 2.45) is 0 Å². The lowest BCUT2D eigenvalue weighted by Gasteiger charge is -2.26. The Kier molecular flexibility index (Phi) is 4.02. The summed E-state index contributed by atoms with van der Waals surface area (Å²) in [5.74, 6) is 0.791. The average Bonchev–Trinajstić information content (AvgIpc) is 2.41. The third kappa shape index (κ3) is 3.12. The summed E-state index contributed by atoms with van der Waals surface area (Å²) in [5, 5.41) is 3.03. The van der Waals surface area contributed by atoms with Crippen molar-refractivity contribution in [2.45, 2.75) is 26.2 Å². The van der Waals surface area contributed by atoms with E-state index in [1.165, 1.54) is 6.42 Å². The fourth-order valence-corrected chi connectivity index (χ4v) is 2.06. The van der Waals surface area contributed by atoms with Gasteiger partial charge in [-0.1, -0.05) is 0 Å². The van der Waals surface area contributed by atoms with Crippen LogP contribution < -0.4 is 11.1 Å². The molecule has 5 nitrogen and oxygen atoms in total. The van der Waals surface area contributed by atoms with Gasteiger partial charge in [0.2, 0.25) is 5.91 Å². The normalized spacial score (nSPS) is 15.5. The number of nitrogen functional groups attached to an aromatic ring is 1. The van der Waals surface area contributed by atoms with E-state index in [1.807, 2.05) is 11.8 Å². The van der Waals surface area contributed by atoms with Gasteiger partial charge in [0.15, 0.2) is 0 Å². The summed E-state index contributed by atoms with van der Waals surface area (Å²) in [5.41, 5.74) is 7.43. The fourth-order valence-electron chi connectivity index (χ4n) is 2.06. The lowest BCUT2D eigenvalue weighted by atomic mass is 10.1. The van der Waals surface area contributed by atoms with Crippen LogP contribution in [0.15, 0.2) is 12.3 Å². The number of aryl methyl sites for hydroxylation is 1. The van der Waals surface area contributed by atoms with E-state index < -0.39 is 0 Å². The summed E-state index contributed by atoms with van der Waals surface area (Å²) in [6, 6.07) is 1.76. The molecule has 18 heavy (non-hydrogen) atoms. The third-order valence-electron chi connectivity index (χ3n) is 3.27. The molecule has 2 heterocycles. The molecule has 0 aromatic carbocycles. The van der Waals surface area contributed by atoms with Gasteiger partial charge in [-0.3, -0.25) is 4.79 Å². The Hall–Kier alpha value is -1.78. The number of likely N-dealkylation sites (tertiary alicyclic amines) is 1. The number of rotatable bonds is 3. The lowest BCUT2D eigenvalue weighted by Crippen LogP contribution is -2.39. The molecule has 1 aromatic heterocycles. The van der Waals surface area contributed by atoms with E-state index in [2.05, 4.69) is 10.3 Å². The van der Waals surface area contributed by atoms with Crippen LogP contribution in [0, 0.1) is 6.92 Å². The summed E-state index contributed by atoms with van der Waals surface area (Å²) in [4.78, 5) is 18.0. The second-order valence-electron chi connectivity index (χ2n) is 4.72. The third-order valence-corrected chi connectivity index (χ3v) is 3.27. The summed E-state index contributed by atoms with van der Waals surface area (Å²) >= 11 is 0. The van der Waals surface area contributed by atoms with Crippen molar-refractivity contribution in [2.75, 3.05) is 30.7 Å². The first-order chi connectivity index (χ1) is 8.66. The maximum Gasteiger partial charge on any atom is 0.241 e. The van der Waals surface area contributed by atoms with E-state index >= 15 is 0 Å². The molecule has 0 saturated carbocycles. The second kappa shape index (κ2) is 5.71. The van der Waals surface area contributed by atoms with Gasteiger partial charge in [-0.25, -0.2) is 4.98 Å². The smallest absolute Gasteiger partial charge is 0.241 e. The Morgan fingerprint density at radius 1 is 1.44 bits per heavy atom. The zero-order valence-electron chi connectivity index (χ0n) is 10.8. The molecule has 98 valence electrons. The topological polar surface area (TPSA) is 71.2 Å². The lowest BCUT2D eigenvalue weighted by molar-refractivity contribution is -0.130. The van der Waals surface area contributed by atoms with E-state index in [0.717, 1.165) is 31.5 Å². The SMILES string of the molecule is Cc1cnc(NCC(=O)N2CCCCC2)cc1N. The predicted molar refractivity (Wildman–Crippen MR) is 72.3 cm³/mol. The van der Waals surface area contributed by atoms with Crippen LogP contribution >= 0.6 is 0 Å². The number of pyridine rings is 1. The monoisotopic (exact) mass is 248 g/mol. The predicted octanol–water partition coefficient (Wildman–Crippen LogP) is 1.40. The highest BCUT2D eigenvalue weighted by Gasteiger charge is 2.15. The Balaban J connectivity index is 1.86. The highest BCUT2D eigenvalue weighted by molar-refractivity contribution is 5.80. The molecular weight excluding hydrogens is 228 g/mol. The van der Waals surface area contributed by atoms with Crippen LogP contribution in [0.3, 0.4) is 0 Å².